The molecule has 1 amide bonds. The van der Waals surface area contributed by atoms with Crippen molar-refractivity contribution in [2.45, 2.75) is 25.5 Å². The lowest BCUT2D eigenvalue weighted by Crippen LogP contribution is -2.41. The van der Waals surface area contributed by atoms with Crippen molar-refractivity contribution in [3.05, 3.63) is 56.1 Å². The zero-order chi connectivity index (χ0) is 18.1. The number of fused-ring (bicyclic) bond motifs is 1. The van der Waals surface area contributed by atoms with E-state index < -0.39 is 12.0 Å². The van der Waals surface area contributed by atoms with Gasteiger partial charge in [-0.15, -0.1) is 22.7 Å². The van der Waals surface area contributed by atoms with E-state index in [4.69, 9.17) is 4.74 Å². The fourth-order valence-corrected chi connectivity index (χ4v) is 4.42. The highest BCUT2D eigenvalue weighted by atomic mass is 32.1. The summed E-state index contributed by atoms with van der Waals surface area (Å²) in [7, 11) is 0. The van der Waals surface area contributed by atoms with Gasteiger partial charge in [0, 0.05) is 24.2 Å². The van der Waals surface area contributed by atoms with E-state index in [0.29, 0.717) is 28.5 Å². The third-order valence-electron chi connectivity index (χ3n) is 4.24. The summed E-state index contributed by atoms with van der Waals surface area (Å²) in [5.74, 6) is -0.601. The van der Waals surface area contributed by atoms with Crippen molar-refractivity contribution in [2.75, 3.05) is 6.54 Å². The Labute approximate surface area is 156 Å². The van der Waals surface area contributed by atoms with Crippen molar-refractivity contribution in [1.82, 2.24) is 14.3 Å². The minimum absolute atomic E-state index is 0.0833. The van der Waals surface area contributed by atoms with Gasteiger partial charge in [-0.1, -0.05) is 6.07 Å². The van der Waals surface area contributed by atoms with Crippen LogP contribution >= 0.6 is 22.7 Å². The molecule has 0 bridgehead atoms. The van der Waals surface area contributed by atoms with Gasteiger partial charge in [0.05, 0.1) is 10.6 Å². The summed E-state index contributed by atoms with van der Waals surface area (Å²) in [5, 5.41) is 3.60. The van der Waals surface area contributed by atoms with E-state index in [-0.39, 0.29) is 18.1 Å². The standard InChI is InChI=1S/C17H15N3O4S2/c21-14-9-11(18-17-20(14)6-8-26-17)10-24-16(23)12-3-1-5-19(12)15(22)13-4-2-7-25-13/h2,4,6-9,12H,1,3,5,10H2/t12-/m0/s1. The number of thiophene rings is 1. The molecule has 0 saturated carbocycles. The van der Waals surface area contributed by atoms with Crippen molar-refractivity contribution in [3.8, 4) is 0 Å². The second-order valence-electron chi connectivity index (χ2n) is 5.88. The number of carbonyl (C=O) groups excluding carboxylic acids is 2. The van der Waals surface area contributed by atoms with E-state index in [2.05, 4.69) is 4.98 Å². The molecule has 134 valence electrons. The Morgan fingerprint density at radius 2 is 2.19 bits per heavy atom. The Morgan fingerprint density at radius 3 is 3.00 bits per heavy atom. The quantitative estimate of drug-likeness (QED) is 0.639. The molecule has 7 nitrogen and oxygen atoms in total. The van der Waals surface area contributed by atoms with Crippen LogP contribution in [0.1, 0.15) is 28.2 Å². The number of amides is 1. The molecule has 1 aliphatic heterocycles. The van der Waals surface area contributed by atoms with E-state index in [1.54, 1.807) is 22.5 Å². The van der Waals surface area contributed by atoms with Crippen LogP contribution in [0.5, 0.6) is 0 Å². The summed E-state index contributed by atoms with van der Waals surface area (Å²) < 4.78 is 6.79. The van der Waals surface area contributed by atoms with E-state index in [0.717, 1.165) is 6.42 Å². The number of ether oxygens (including phenoxy) is 1. The predicted molar refractivity (Wildman–Crippen MR) is 97.5 cm³/mol. The molecule has 26 heavy (non-hydrogen) atoms. The average Bonchev–Trinajstić information content (AvgIpc) is 3.39. The number of rotatable bonds is 4. The molecule has 3 aromatic rings. The fourth-order valence-electron chi connectivity index (χ4n) is 3.00. The van der Waals surface area contributed by atoms with E-state index >= 15 is 0 Å². The van der Waals surface area contributed by atoms with Gasteiger partial charge in [0.2, 0.25) is 0 Å². The second-order valence-corrected chi connectivity index (χ2v) is 7.70. The Kier molecular flexibility index (Phi) is 4.56. The number of aromatic nitrogens is 2. The van der Waals surface area contributed by atoms with Crippen LogP contribution in [0, 0.1) is 0 Å². The van der Waals surface area contributed by atoms with Crippen LogP contribution in [-0.2, 0) is 16.1 Å². The van der Waals surface area contributed by atoms with Crippen LogP contribution in [0.15, 0.2) is 40.0 Å². The highest BCUT2D eigenvalue weighted by Gasteiger charge is 2.36. The molecular weight excluding hydrogens is 374 g/mol. The van der Waals surface area contributed by atoms with Gasteiger partial charge in [-0.2, -0.15) is 0 Å². The number of esters is 1. The molecule has 4 heterocycles. The van der Waals surface area contributed by atoms with Crippen LogP contribution in [0.25, 0.3) is 4.96 Å². The van der Waals surface area contributed by atoms with Gasteiger partial charge in [-0.05, 0) is 24.3 Å². The molecule has 0 aromatic carbocycles. The summed E-state index contributed by atoms with van der Waals surface area (Å²) in [6.45, 7) is 0.456. The smallest absolute Gasteiger partial charge is 0.329 e. The van der Waals surface area contributed by atoms with Gasteiger partial charge in [0.1, 0.15) is 12.6 Å². The zero-order valence-corrected chi connectivity index (χ0v) is 15.3. The first kappa shape index (κ1) is 16.9. The molecule has 4 rings (SSSR count). The fraction of sp³-hybridized carbons (Fsp3) is 0.294. The van der Waals surface area contributed by atoms with Crippen LogP contribution in [-0.4, -0.2) is 38.7 Å². The molecule has 0 N–H and O–H groups in total. The maximum absolute atomic E-state index is 12.5. The van der Waals surface area contributed by atoms with E-state index in [1.807, 2.05) is 11.4 Å². The summed E-state index contributed by atoms with van der Waals surface area (Å²) in [4.78, 5) is 44.0. The lowest BCUT2D eigenvalue weighted by molar-refractivity contribution is -0.149. The van der Waals surface area contributed by atoms with Gasteiger partial charge >= 0.3 is 5.97 Å². The zero-order valence-electron chi connectivity index (χ0n) is 13.7. The molecule has 1 fully saturated rings. The first-order valence-electron chi connectivity index (χ1n) is 8.10. The molecule has 0 unspecified atom stereocenters. The van der Waals surface area contributed by atoms with Gasteiger partial charge < -0.3 is 9.64 Å². The highest BCUT2D eigenvalue weighted by molar-refractivity contribution is 7.15. The molecule has 9 heteroatoms. The lowest BCUT2D eigenvalue weighted by atomic mass is 10.2. The minimum Gasteiger partial charge on any atom is -0.458 e. The molecule has 1 aliphatic rings. The van der Waals surface area contributed by atoms with Gasteiger partial charge in [-0.3, -0.25) is 14.0 Å². The largest absolute Gasteiger partial charge is 0.458 e. The summed E-state index contributed by atoms with van der Waals surface area (Å²) >= 11 is 2.69. The third-order valence-corrected chi connectivity index (χ3v) is 5.85. The van der Waals surface area contributed by atoms with Crippen LogP contribution in [0.2, 0.25) is 0 Å². The predicted octanol–water partition coefficient (Wildman–Crippen LogP) is 2.17. The lowest BCUT2D eigenvalue weighted by Gasteiger charge is -2.22. The van der Waals surface area contributed by atoms with Crippen LogP contribution < -0.4 is 5.56 Å². The number of hydrogen-bond acceptors (Lipinski definition) is 7. The SMILES string of the molecule is O=C(OCc1cc(=O)n2ccsc2n1)[C@@H]1CCCN1C(=O)c1cccs1. The van der Waals surface area contributed by atoms with Crippen LogP contribution in [0.3, 0.4) is 0 Å². The highest BCUT2D eigenvalue weighted by Crippen LogP contribution is 2.23. The third kappa shape index (κ3) is 3.15. The summed E-state index contributed by atoms with van der Waals surface area (Å²) in [6.07, 6.45) is 2.99. The van der Waals surface area contributed by atoms with E-state index in [9.17, 15) is 14.4 Å². The number of hydrogen-bond donors (Lipinski definition) is 0. The number of thiazole rings is 1. The molecule has 3 aromatic heterocycles. The van der Waals surface area contributed by atoms with Crippen molar-refractivity contribution in [1.29, 1.82) is 0 Å². The second kappa shape index (κ2) is 7.00. The van der Waals surface area contributed by atoms with Crippen molar-refractivity contribution in [2.24, 2.45) is 0 Å². The topological polar surface area (TPSA) is 81.0 Å². The van der Waals surface area contributed by atoms with Gasteiger partial charge in [0.25, 0.3) is 11.5 Å². The Balaban J connectivity index is 1.45. The Morgan fingerprint density at radius 1 is 1.31 bits per heavy atom. The maximum Gasteiger partial charge on any atom is 0.329 e. The van der Waals surface area contributed by atoms with Gasteiger partial charge in [-0.25, -0.2) is 9.78 Å². The number of nitrogens with zero attached hydrogens (tertiary/aromatic N) is 3. The van der Waals surface area contributed by atoms with Crippen molar-refractivity contribution in [3.63, 3.8) is 0 Å². The monoisotopic (exact) mass is 389 g/mol. The summed E-state index contributed by atoms with van der Waals surface area (Å²) in [6, 6.07) is 4.33. The number of carbonyl (C=O) groups is 2. The average molecular weight is 389 g/mol. The Bertz CT molecular complexity index is 1010. The normalized spacial score (nSPS) is 16.9. The molecule has 1 atom stereocenters. The van der Waals surface area contributed by atoms with Crippen molar-refractivity contribution < 1.29 is 14.3 Å². The summed E-state index contributed by atoms with van der Waals surface area (Å²) in [5.41, 5.74) is 0.192. The minimum atomic E-state index is -0.587. The molecule has 0 aliphatic carbocycles. The first-order chi connectivity index (χ1) is 12.6. The molecule has 0 radical (unpaired) electrons. The molecule has 1 saturated heterocycles. The Hall–Kier alpha value is -2.52. The molecule has 0 spiro atoms. The first-order valence-corrected chi connectivity index (χ1v) is 9.86. The molecular formula is C17H15N3O4S2. The number of likely N-dealkylation sites (tertiary alicyclic amines) is 1. The van der Waals surface area contributed by atoms with Crippen molar-refractivity contribution >= 4 is 39.5 Å². The van der Waals surface area contributed by atoms with E-state index in [1.165, 1.54) is 33.1 Å². The maximum atomic E-state index is 12.5. The van der Waals surface area contributed by atoms with Crippen LogP contribution in [0.4, 0.5) is 0 Å². The van der Waals surface area contributed by atoms with Gasteiger partial charge in [0.15, 0.2) is 4.96 Å².